The number of thiophene rings is 1. The van der Waals surface area contributed by atoms with E-state index in [9.17, 15) is 4.79 Å². The van der Waals surface area contributed by atoms with Crippen LogP contribution in [0.25, 0.3) is 0 Å². The molecule has 2 aromatic rings. The van der Waals surface area contributed by atoms with Gasteiger partial charge in [0, 0.05) is 11.4 Å². The molecule has 0 atom stereocenters. The molecule has 72 valence electrons. The predicted octanol–water partition coefficient (Wildman–Crippen LogP) is 2.30. The van der Waals surface area contributed by atoms with Crippen LogP contribution in [0.3, 0.4) is 0 Å². The molecular weight excluding hydrogens is 200 g/mol. The van der Waals surface area contributed by atoms with Gasteiger partial charge in [0.25, 0.3) is 5.91 Å². The first kappa shape index (κ1) is 8.96. The first-order valence-corrected chi connectivity index (χ1v) is 4.97. The number of aromatic nitrogens is 1. The third kappa shape index (κ3) is 1.82. The molecule has 1 amide bonds. The summed E-state index contributed by atoms with van der Waals surface area (Å²) in [5.74, 6) is 0.195. The van der Waals surface area contributed by atoms with Gasteiger partial charge in [0.2, 0.25) is 5.88 Å². The van der Waals surface area contributed by atoms with Crippen molar-refractivity contribution in [1.82, 2.24) is 5.16 Å². The fourth-order valence-corrected chi connectivity index (χ4v) is 1.64. The van der Waals surface area contributed by atoms with Crippen LogP contribution >= 0.6 is 11.3 Å². The van der Waals surface area contributed by atoms with Crippen molar-refractivity contribution in [2.45, 2.75) is 6.92 Å². The van der Waals surface area contributed by atoms with E-state index in [1.165, 1.54) is 11.3 Å². The van der Waals surface area contributed by atoms with Crippen LogP contribution in [-0.4, -0.2) is 11.1 Å². The molecule has 0 aromatic carbocycles. The van der Waals surface area contributed by atoms with Gasteiger partial charge in [-0.25, -0.2) is 0 Å². The largest absolute Gasteiger partial charge is 0.338 e. The van der Waals surface area contributed by atoms with Crippen LogP contribution in [0.4, 0.5) is 5.88 Å². The summed E-state index contributed by atoms with van der Waals surface area (Å²) in [6.45, 7) is 1.80. The Morgan fingerprint density at radius 1 is 1.64 bits per heavy atom. The summed E-state index contributed by atoms with van der Waals surface area (Å²) in [5.41, 5.74) is 1.37. The zero-order valence-corrected chi connectivity index (χ0v) is 8.30. The van der Waals surface area contributed by atoms with Crippen molar-refractivity contribution in [3.8, 4) is 0 Å². The molecule has 0 fully saturated rings. The van der Waals surface area contributed by atoms with Gasteiger partial charge in [-0.05, 0) is 18.4 Å². The summed E-state index contributed by atoms with van der Waals surface area (Å²) in [6, 6.07) is 3.42. The number of carbonyl (C=O) groups excluding carboxylic acids is 1. The predicted molar refractivity (Wildman–Crippen MR) is 53.5 cm³/mol. The maximum absolute atomic E-state index is 11.5. The van der Waals surface area contributed by atoms with Crippen LogP contribution in [0.5, 0.6) is 0 Å². The first-order chi connectivity index (χ1) is 6.75. The summed E-state index contributed by atoms with van der Waals surface area (Å²) in [6.07, 6.45) is 0. The highest BCUT2D eigenvalue weighted by Crippen LogP contribution is 2.12. The zero-order chi connectivity index (χ0) is 9.97. The highest BCUT2D eigenvalue weighted by atomic mass is 32.1. The molecule has 2 aromatic heterocycles. The molecule has 1 N–H and O–H groups in total. The number of carbonyl (C=O) groups is 1. The van der Waals surface area contributed by atoms with E-state index in [0.29, 0.717) is 11.4 Å². The Bertz CT molecular complexity index is 433. The van der Waals surface area contributed by atoms with Crippen molar-refractivity contribution in [2.75, 3.05) is 5.32 Å². The molecule has 0 unspecified atom stereocenters. The van der Waals surface area contributed by atoms with Crippen LogP contribution in [-0.2, 0) is 0 Å². The molecule has 2 heterocycles. The molecule has 14 heavy (non-hydrogen) atoms. The molecule has 0 saturated carbocycles. The lowest BCUT2D eigenvalue weighted by Crippen LogP contribution is -2.09. The molecule has 0 saturated heterocycles. The molecular formula is C9H8N2O2S. The maximum Gasteiger partial charge on any atom is 0.258 e. The quantitative estimate of drug-likeness (QED) is 0.823. The van der Waals surface area contributed by atoms with Crippen molar-refractivity contribution in [3.63, 3.8) is 0 Å². The number of hydrogen-bond donors (Lipinski definition) is 1. The SMILES string of the molecule is Cc1cc(NC(=O)c2ccsc2)on1. The summed E-state index contributed by atoms with van der Waals surface area (Å²) in [5, 5.41) is 9.89. The van der Waals surface area contributed by atoms with E-state index in [-0.39, 0.29) is 5.91 Å². The van der Waals surface area contributed by atoms with Crippen molar-refractivity contribution >= 4 is 23.1 Å². The fraction of sp³-hybridized carbons (Fsp3) is 0.111. The van der Waals surface area contributed by atoms with Crippen LogP contribution < -0.4 is 5.32 Å². The minimum absolute atomic E-state index is 0.178. The molecule has 5 heteroatoms. The summed E-state index contributed by atoms with van der Waals surface area (Å²) >= 11 is 1.48. The van der Waals surface area contributed by atoms with Crippen LogP contribution in [0.1, 0.15) is 16.1 Å². The third-order valence-corrected chi connectivity index (χ3v) is 2.33. The molecule has 4 nitrogen and oxygen atoms in total. The number of nitrogens with zero attached hydrogens (tertiary/aromatic N) is 1. The van der Waals surface area contributed by atoms with Gasteiger partial charge in [-0.1, -0.05) is 5.16 Å². The Morgan fingerprint density at radius 3 is 3.07 bits per heavy atom. The smallest absolute Gasteiger partial charge is 0.258 e. The number of hydrogen-bond acceptors (Lipinski definition) is 4. The number of amides is 1. The Hall–Kier alpha value is -1.62. The highest BCUT2D eigenvalue weighted by molar-refractivity contribution is 7.08. The van der Waals surface area contributed by atoms with Gasteiger partial charge in [0.1, 0.15) is 0 Å². The lowest BCUT2D eigenvalue weighted by Gasteiger charge is -1.96. The summed E-state index contributed by atoms with van der Waals surface area (Å²) < 4.78 is 4.85. The van der Waals surface area contributed by atoms with Gasteiger partial charge in [0.15, 0.2) is 0 Å². The van der Waals surface area contributed by atoms with Gasteiger partial charge in [-0.15, -0.1) is 0 Å². The number of anilines is 1. The monoisotopic (exact) mass is 208 g/mol. The van der Waals surface area contributed by atoms with Crippen LogP contribution in [0.2, 0.25) is 0 Å². The Labute approximate surface area is 84.5 Å². The van der Waals surface area contributed by atoms with E-state index < -0.39 is 0 Å². The number of aryl methyl sites for hydroxylation is 1. The fourth-order valence-electron chi connectivity index (χ4n) is 1.00. The molecule has 0 spiro atoms. The molecule has 0 aliphatic rings. The molecule has 0 aliphatic carbocycles. The number of nitrogens with one attached hydrogen (secondary N) is 1. The van der Waals surface area contributed by atoms with E-state index in [0.717, 1.165) is 5.69 Å². The number of rotatable bonds is 2. The molecule has 0 aliphatic heterocycles. The Morgan fingerprint density at radius 2 is 2.50 bits per heavy atom. The highest BCUT2D eigenvalue weighted by Gasteiger charge is 2.08. The Balaban J connectivity index is 2.09. The van der Waals surface area contributed by atoms with Crippen LogP contribution in [0, 0.1) is 6.92 Å². The average molecular weight is 208 g/mol. The first-order valence-electron chi connectivity index (χ1n) is 4.02. The minimum Gasteiger partial charge on any atom is -0.338 e. The van der Waals surface area contributed by atoms with Crippen molar-refractivity contribution < 1.29 is 9.32 Å². The van der Waals surface area contributed by atoms with Gasteiger partial charge in [-0.2, -0.15) is 11.3 Å². The average Bonchev–Trinajstić information content (AvgIpc) is 2.75. The molecule has 0 radical (unpaired) electrons. The Kier molecular flexibility index (Phi) is 2.32. The molecule has 0 bridgehead atoms. The standard InChI is InChI=1S/C9H8N2O2S/c1-6-4-8(13-11-6)10-9(12)7-2-3-14-5-7/h2-5H,1H3,(H,10,12). The normalized spacial score (nSPS) is 10.1. The topological polar surface area (TPSA) is 55.1 Å². The van der Waals surface area contributed by atoms with Gasteiger partial charge in [0.05, 0.1) is 11.3 Å². The summed E-state index contributed by atoms with van der Waals surface area (Å²) in [4.78, 5) is 11.5. The summed E-state index contributed by atoms with van der Waals surface area (Å²) in [7, 11) is 0. The van der Waals surface area contributed by atoms with Crippen molar-refractivity contribution in [2.24, 2.45) is 0 Å². The van der Waals surface area contributed by atoms with Crippen molar-refractivity contribution in [3.05, 3.63) is 34.2 Å². The maximum atomic E-state index is 11.5. The minimum atomic E-state index is -0.178. The van der Waals surface area contributed by atoms with Gasteiger partial charge >= 0.3 is 0 Å². The van der Waals surface area contributed by atoms with Gasteiger partial charge in [-0.3, -0.25) is 10.1 Å². The van der Waals surface area contributed by atoms with Crippen LogP contribution in [0.15, 0.2) is 27.4 Å². The van der Waals surface area contributed by atoms with Crippen molar-refractivity contribution in [1.29, 1.82) is 0 Å². The van der Waals surface area contributed by atoms with E-state index in [2.05, 4.69) is 10.5 Å². The van der Waals surface area contributed by atoms with E-state index >= 15 is 0 Å². The van der Waals surface area contributed by atoms with E-state index in [4.69, 9.17) is 4.52 Å². The lowest BCUT2D eigenvalue weighted by molar-refractivity contribution is 0.102. The van der Waals surface area contributed by atoms with E-state index in [1.54, 1.807) is 24.4 Å². The lowest BCUT2D eigenvalue weighted by atomic mass is 10.3. The zero-order valence-electron chi connectivity index (χ0n) is 7.48. The van der Waals surface area contributed by atoms with E-state index in [1.807, 2.05) is 5.38 Å². The van der Waals surface area contributed by atoms with Gasteiger partial charge < -0.3 is 4.52 Å². The molecule has 2 rings (SSSR count). The second kappa shape index (κ2) is 3.63. The second-order valence-corrected chi connectivity index (χ2v) is 3.58. The third-order valence-electron chi connectivity index (χ3n) is 1.65. The second-order valence-electron chi connectivity index (χ2n) is 2.80.